The zero-order valence-corrected chi connectivity index (χ0v) is 16.4. The number of halogens is 2. The Morgan fingerprint density at radius 3 is 2.59 bits per heavy atom. The summed E-state index contributed by atoms with van der Waals surface area (Å²) >= 11 is 11.9. The molecule has 0 spiro atoms. The lowest BCUT2D eigenvalue weighted by atomic mass is 10.1. The SMILES string of the molecule is C[C@H](c1ccc(-n2cncn2)cc1)N(C)C(=O)COc1ccc(Cl)cc1Cl. The number of aromatic nitrogens is 3. The molecule has 0 unspecified atom stereocenters. The highest BCUT2D eigenvalue weighted by atomic mass is 35.5. The number of hydrogen-bond donors (Lipinski definition) is 0. The zero-order chi connectivity index (χ0) is 19.4. The first-order valence-corrected chi connectivity index (χ1v) is 9.00. The van der Waals surface area contributed by atoms with Crippen LogP contribution in [0, 0.1) is 0 Å². The highest BCUT2D eigenvalue weighted by molar-refractivity contribution is 6.35. The fourth-order valence-electron chi connectivity index (χ4n) is 2.52. The normalized spacial score (nSPS) is 11.9. The van der Waals surface area contributed by atoms with Crippen LogP contribution in [0.5, 0.6) is 5.75 Å². The third-order valence-corrected chi connectivity index (χ3v) is 4.81. The number of benzene rings is 2. The van der Waals surface area contributed by atoms with Crippen molar-refractivity contribution in [1.29, 1.82) is 0 Å². The molecule has 0 aliphatic carbocycles. The minimum absolute atomic E-state index is 0.112. The zero-order valence-electron chi connectivity index (χ0n) is 14.8. The van der Waals surface area contributed by atoms with Crippen LogP contribution in [0.15, 0.2) is 55.1 Å². The number of ether oxygens (including phenoxy) is 1. The van der Waals surface area contributed by atoms with Crippen molar-refractivity contribution >= 4 is 29.1 Å². The Kier molecular flexibility index (Phi) is 5.98. The van der Waals surface area contributed by atoms with Crippen molar-refractivity contribution in [2.45, 2.75) is 13.0 Å². The van der Waals surface area contributed by atoms with Crippen LogP contribution in [-0.2, 0) is 4.79 Å². The van der Waals surface area contributed by atoms with Crippen molar-refractivity contribution in [3.8, 4) is 11.4 Å². The van der Waals surface area contributed by atoms with Crippen molar-refractivity contribution in [2.75, 3.05) is 13.7 Å². The third kappa shape index (κ3) is 4.59. The Morgan fingerprint density at radius 2 is 1.96 bits per heavy atom. The molecular formula is C19H18Cl2N4O2. The van der Waals surface area contributed by atoms with E-state index in [2.05, 4.69) is 10.1 Å². The van der Waals surface area contributed by atoms with Gasteiger partial charge >= 0.3 is 0 Å². The Morgan fingerprint density at radius 1 is 1.22 bits per heavy atom. The van der Waals surface area contributed by atoms with E-state index in [9.17, 15) is 4.79 Å². The van der Waals surface area contributed by atoms with E-state index < -0.39 is 0 Å². The van der Waals surface area contributed by atoms with Crippen LogP contribution in [0.4, 0.5) is 0 Å². The van der Waals surface area contributed by atoms with Crippen LogP contribution in [0.3, 0.4) is 0 Å². The molecule has 0 bridgehead atoms. The van der Waals surface area contributed by atoms with Crippen LogP contribution in [0.2, 0.25) is 10.0 Å². The predicted octanol–water partition coefficient (Wildman–Crippen LogP) is 4.17. The van der Waals surface area contributed by atoms with E-state index in [1.54, 1.807) is 41.2 Å². The third-order valence-electron chi connectivity index (χ3n) is 4.28. The molecule has 0 N–H and O–H groups in total. The van der Waals surface area contributed by atoms with Gasteiger partial charge in [0.1, 0.15) is 18.4 Å². The van der Waals surface area contributed by atoms with Gasteiger partial charge in [-0.15, -0.1) is 0 Å². The van der Waals surface area contributed by atoms with Gasteiger partial charge in [0.15, 0.2) is 6.61 Å². The second kappa shape index (κ2) is 8.41. The van der Waals surface area contributed by atoms with Gasteiger partial charge in [0, 0.05) is 12.1 Å². The second-order valence-corrected chi connectivity index (χ2v) is 6.82. The maximum absolute atomic E-state index is 12.5. The van der Waals surface area contributed by atoms with E-state index in [0.29, 0.717) is 15.8 Å². The topological polar surface area (TPSA) is 60.2 Å². The van der Waals surface area contributed by atoms with Gasteiger partial charge in [-0.05, 0) is 42.8 Å². The van der Waals surface area contributed by atoms with Gasteiger partial charge in [0.25, 0.3) is 5.91 Å². The molecule has 0 saturated heterocycles. The molecule has 1 aromatic heterocycles. The van der Waals surface area contributed by atoms with Crippen LogP contribution in [0.25, 0.3) is 5.69 Å². The summed E-state index contributed by atoms with van der Waals surface area (Å²) in [6, 6.07) is 12.6. The number of carbonyl (C=O) groups excluding carboxylic acids is 1. The molecule has 0 saturated carbocycles. The van der Waals surface area contributed by atoms with Gasteiger partial charge in [-0.1, -0.05) is 35.3 Å². The number of likely N-dealkylation sites (N-methyl/N-ethyl adjacent to an activating group) is 1. The molecule has 1 atom stereocenters. The lowest BCUT2D eigenvalue weighted by molar-refractivity contribution is -0.134. The molecule has 0 fully saturated rings. The molecule has 140 valence electrons. The van der Waals surface area contributed by atoms with Crippen molar-refractivity contribution in [3.63, 3.8) is 0 Å². The van der Waals surface area contributed by atoms with Gasteiger partial charge in [-0.25, -0.2) is 9.67 Å². The first kappa shape index (κ1) is 19.2. The predicted molar refractivity (Wildman–Crippen MR) is 105 cm³/mol. The van der Waals surface area contributed by atoms with Crippen molar-refractivity contribution in [1.82, 2.24) is 19.7 Å². The molecule has 8 heteroatoms. The quantitative estimate of drug-likeness (QED) is 0.618. The first-order chi connectivity index (χ1) is 13.0. The Hall–Kier alpha value is -2.57. The number of hydrogen-bond acceptors (Lipinski definition) is 4. The molecular weight excluding hydrogens is 387 g/mol. The Labute approximate surface area is 167 Å². The molecule has 1 amide bonds. The maximum atomic E-state index is 12.5. The molecule has 2 aromatic carbocycles. The molecule has 6 nitrogen and oxygen atoms in total. The van der Waals surface area contributed by atoms with Crippen LogP contribution in [0.1, 0.15) is 18.5 Å². The molecule has 27 heavy (non-hydrogen) atoms. The summed E-state index contributed by atoms with van der Waals surface area (Å²) in [6.07, 6.45) is 3.11. The van der Waals surface area contributed by atoms with E-state index in [1.165, 1.54) is 6.33 Å². The van der Waals surface area contributed by atoms with Gasteiger partial charge in [0.05, 0.1) is 16.8 Å². The smallest absolute Gasteiger partial charge is 0.260 e. The minimum atomic E-state index is -0.158. The van der Waals surface area contributed by atoms with Crippen LogP contribution in [-0.4, -0.2) is 39.2 Å². The van der Waals surface area contributed by atoms with E-state index in [0.717, 1.165) is 11.3 Å². The molecule has 0 radical (unpaired) electrons. The van der Waals surface area contributed by atoms with E-state index in [1.807, 2.05) is 31.2 Å². The van der Waals surface area contributed by atoms with E-state index in [-0.39, 0.29) is 18.6 Å². The number of rotatable bonds is 6. The van der Waals surface area contributed by atoms with Crippen molar-refractivity contribution < 1.29 is 9.53 Å². The molecule has 1 heterocycles. The molecule has 3 rings (SSSR count). The van der Waals surface area contributed by atoms with Gasteiger partial charge in [-0.3, -0.25) is 4.79 Å². The van der Waals surface area contributed by atoms with Crippen LogP contribution >= 0.6 is 23.2 Å². The standard InChI is InChI=1S/C19H18Cl2N4O2/c1-13(14-3-6-16(7-4-14)25-12-22-11-23-25)24(2)19(26)10-27-18-8-5-15(20)9-17(18)21/h3-9,11-13H,10H2,1-2H3/t13-/m1/s1. The number of nitrogens with zero attached hydrogens (tertiary/aromatic N) is 4. The van der Waals surface area contributed by atoms with Gasteiger partial charge < -0.3 is 9.64 Å². The monoisotopic (exact) mass is 404 g/mol. The molecule has 0 aliphatic heterocycles. The van der Waals surface area contributed by atoms with Crippen LogP contribution < -0.4 is 4.74 Å². The largest absolute Gasteiger partial charge is 0.482 e. The second-order valence-electron chi connectivity index (χ2n) is 5.98. The van der Waals surface area contributed by atoms with Crippen molar-refractivity contribution in [3.05, 3.63) is 70.7 Å². The average Bonchev–Trinajstić information content (AvgIpc) is 3.21. The summed E-state index contributed by atoms with van der Waals surface area (Å²) in [4.78, 5) is 18.0. The minimum Gasteiger partial charge on any atom is -0.482 e. The van der Waals surface area contributed by atoms with Gasteiger partial charge in [0.2, 0.25) is 0 Å². The highest BCUT2D eigenvalue weighted by Crippen LogP contribution is 2.28. The summed E-state index contributed by atoms with van der Waals surface area (Å²) < 4.78 is 7.20. The Bertz CT molecular complexity index is 914. The molecule has 0 aliphatic rings. The summed E-state index contributed by atoms with van der Waals surface area (Å²) in [5.74, 6) is 0.265. The maximum Gasteiger partial charge on any atom is 0.260 e. The lowest BCUT2D eigenvalue weighted by Gasteiger charge is -2.25. The van der Waals surface area contributed by atoms with Crippen molar-refractivity contribution in [2.24, 2.45) is 0 Å². The summed E-state index contributed by atoms with van der Waals surface area (Å²) in [5.41, 5.74) is 1.90. The fourth-order valence-corrected chi connectivity index (χ4v) is 2.98. The summed E-state index contributed by atoms with van der Waals surface area (Å²) in [7, 11) is 1.74. The molecule has 3 aromatic rings. The highest BCUT2D eigenvalue weighted by Gasteiger charge is 2.18. The van der Waals surface area contributed by atoms with E-state index >= 15 is 0 Å². The summed E-state index contributed by atoms with van der Waals surface area (Å²) in [6.45, 7) is 1.84. The fraction of sp³-hybridized carbons (Fsp3) is 0.211. The number of amides is 1. The Balaban J connectivity index is 1.62. The first-order valence-electron chi connectivity index (χ1n) is 8.24. The van der Waals surface area contributed by atoms with Gasteiger partial charge in [-0.2, -0.15) is 5.10 Å². The van der Waals surface area contributed by atoms with E-state index in [4.69, 9.17) is 27.9 Å². The number of carbonyl (C=O) groups is 1. The lowest BCUT2D eigenvalue weighted by Crippen LogP contribution is -2.33. The summed E-state index contributed by atoms with van der Waals surface area (Å²) in [5, 5.41) is 4.98. The average molecular weight is 405 g/mol.